The molecule has 0 radical (unpaired) electrons. The summed E-state index contributed by atoms with van der Waals surface area (Å²) in [5.74, 6) is -0.622. The largest absolute Gasteiger partial charge is 0.463 e. The van der Waals surface area contributed by atoms with Crippen LogP contribution < -0.4 is 0 Å². The van der Waals surface area contributed by atoms with Crippen LogP contribution in [0.25, 0.3) is 0 Å². The number of aliphatic hydroxyl groups is 3. The zero-order valence-electron chi connectivity index (χ0n) is 21.0. The average molecular weight is 476 g/mol. The first-order chi connectivity index (χ1) is 15.9. The van der Waals surface area contributed by atoms with Crippen molar-refractivity contribution < 1.29 is 34.4 Å². The van der Waals surface area contributed by atoms with Crippen LogP contribution in [0.3, 0.4) is 0 Å². The number of hydrogen-bond donors (Lipinski definition) is 3. The molecule has 0 aromatic carbocycles. The second-order valence-corrected chi connectivity index (χ2v) is 8.84. The molecule has 196 valence electrons. The summed E-state index contributed by atoms with van der Waals surface area (Å²) >= 11 is 0. The Morgan fingerprint density at radius 1 is 0.697 bits per heavy atom. The number of carbonyl (C=O) groups excluding carboxylic acids is 2. The van der Waals surface area contributed by atoms with E-state index in [-0.39, 0.29) is 44.8 Å². The van der Waals surface area contributed by atoms with E-state index in [2.05, 4.69) is 13.8 Å². The number of ether oxygens (including phenoxy) is 2. The highest BCUT2D eigenvalue weighted by Crippen LogP contribution is 2.08. The molecule has 0 fully saturated rings. The van der Waals surface area contributed by atoms with Crippen molar-refractivity contribution in [2.45, 2.75) is 110 Å². The van der Waals surface area contributed by atoms with Crippen LogP contribution in [0.4, 0.5) is 0 Å². The number of carbonyl (C=O) groups is 2. The molecule has 0 aromatic rings. The minimum atomic E-state index is -0.898. The summed E-state index contributed by atoms with van der Waals surface area (Å²) in [4.78, 5) is 25.4. The van der Waals surface area contributed by atoms with Gasteiger partial charge in [0.1, 0.15) is 25.4 Å². The molecule has 3 N–H and O–H groups in total. The van der Waals surface area contributed by atoms with Gasteiger partial charge in [-0.3, -0.25) is 14.5 Å². The van der Waals surface area contributed by atoms with Crippen LogP contribution in [0.15, 0.2) is 0 Å². The molecule has 0 aliphatic heterocycles. The second-order valence-electron chi connectivity index (χ2n) is 8.84. The lowest BCUT2D eigenvalue weighted by molar-refractivity contribution is -0.147. The third-order valence-corrected chi connectivity index (χ3v) is 5.41. The van der Waals surface area contributed by atoms with E-state index in [1.54, 1.807) is 4.90 Å². The molecule has 0 aromatic heterocycles. The van der Waals surface area contributed by atoms with Gasteiger partial charge in [-0.25, -0.2) is 0 Å². The van der Waals surface area contributed by atoms with Crippen LogP contribution in [0, 0.1) is 0 Å². The fraction of sp³-hybridized carbons (Fsp3) is 0.920. The number of unbranched alkanes of at least 4 members (excludes halogenated alkanes) is 8. The molecule has 0 heterocycles. The zero-order valence-corrected chi connectivity index (χ0v) is 21.0. The van der Waals surface area contributed by atoms with Gasteiger partial charge in [-0.1, -0.05) is 65.2 Å². The molecule has 0 aliphatic carbocycles. The van der Waals surface area contributed by atoms with E-state index >= 15 is 0 Å². The minimum Gasteiger partial charge on any atom is -0.463 e. The smallest absolute Gasteiger partial charge is 0.305 e. The predicted molar refractivity (Wildman–Crippen MR) is 129 cm³/mol. The van der Waals surface area contributed by atoms with Gasteiger partial charge in [-0.05, 0) is 19.3 Å². The summed E-state index contributed by atoms with van der Waals surface area (Å²) in [5, 5.41) is 29.6. The Hall–Kier alpha value is -1.22. The van der Waals surface area contributed by atoms with Crippen LogP contribution in [-0.2, 0) is 19.1 Å². The highest BCUT2D eigenvalue weighted by atomic mass is 16.5. The van der Waals surface area contributed by atoms with Gasteiger partial charge in [-0.2, -0.15) is 0 Å². The highest BCUT2D eigenvalue weighted by Gasteiger charge is 2.18. The van der Waals surface area contributed by atoms with Gasteiger partial charge in [0, 0.05) is 39.1 Å². The maximum Gasteiger partial charge on any atom is 0.305 e. The molecule has 2 atom stereocenters. The summed E-state index contributed by atoms with van der Waals surface area (Å²) < 4.78 is 10.3. The lowest BCUT2D eigenvalue weighted by atomic mass is 10.1. The van der Waals surface area contributed by atoms with Crippen molar-refractivity contribution in [2.75, 3.05) is 39.5 Å². The van der Waals surface area contributed by atoms with E-state index in [4.69, 9.17) is 14.6 Å². The molecule has 0 amide bonds. The predicted octanol–water partition coefficient (Wildman–Crippen LogP) is 3.20. The Morgan fingerprint density at radius 2 is 1.12 bits per heavy atom. The van der Waals surface area contributed by atoms with Gasteiger partial charge < -0.3 is 24.8 Å². The van der Waals surface area contributed by atoms with Crippen molar-refractivity contribution in [2.24, 2.45) is 0 Å². The first-order valence-corrected chi connectivity index (χ1v) is 12.9. The normalized spacial score (nSPS) is 13.2. The second kappa shape index (κ2) is 22.6. The monoisotopic (exact) mass is 475 g/mol. The number of aliphatic hydroxyl groups excluding tert-OH is 3. The Morgan fingerprint density at radius 3 is 1.52 bits per heavy atom. The molecule has 2 unspecified atom stereocenters. The fourth-order valence-electron chi connectivity index (χ4n) is 3.52. The molecular formula is C25H49NO7. The van der Waals surface area contributed by atoms with E-state index < -0.39 is 12.2 Å². The summed E-state index contributed by atoms with van der Waals surface area (Å²) in [6.45, 7) is 4.89. The topological polar surface area (TPSA) is 117 Å². The Balaban J connectivity index is 4.17. The summed E-state index contributed by atoms with van der Waals surface area (Å²) in [7, 11) is 0. The van der Waals surface area contributed by atoms with Gasteiger partial charge in [0.25, 0.3) is 0 Å². The van der Waals surface area contributed by atoms with Gasteiger partial charge >= 0.3 is 11.9 Å². The molecule has 0 saturated carbocycles. The van der Waals surface area contributed by atoms with Crippen LogP contribution in [0.2, 0.25) is 0 Å². The van der Waals surface area contributed by atoms with Crippen LogP contribution >= 0.6 is 0 Å². The summed E-state index contributed by atoms with van der Waals surface area (Å²) in [6, 6.07) is 0. The van der Waals surface area contributed by atoms with E-state index in [1.807, 2.05) is 0 Å². The Bertz CT molecular complexity index is 438. The van der Waals surface area contributed by atoms with E-state index in [0.29, 0.717) is 25.8 Å². The molecule has 0 spiro atoms. The molecule has 0 aliphatic rings. The van der Waals surface area contributed by atoms with Crippen LogP contribution in [-0.4, -0.2) is 83.8 Å². The lowest BCUT2D eigenvalue weighted by Gasteiger charge is -2.27. The van der Waals surface area contributed by atoms with E-state index in [1.165, 1.54) is 12.8 Å². The third-order valence-electron chi connectivity index (χ3n) is 5.41. The molecule has 0 bridgehead atoms. The maximum absolute atomic E-state index is 11.8. The molecular weight excluding hydrogens is 426 g/mol. The first kappa shape index (κ1) is 31.8. The van der Waals surface area contributed by atoms with Crippen molar-refractivity contribution in [3.63, 3.8) is 0 Å². The SMILES string of the molecule is CCCCCCCC(=O)OCC(O)CN(CCCO)CC(O)COC(=O)CCCCCCC. The van der Waals surface area contributed by atoms with Gasteiger partial charge in [0.2, 0.25) is 0 Å². The summed E-state index contributed by atoms with van der Waals surface area (Å²) in [5.41, 5.74) is 0. The van der Waals surface area contributed by atoms with Crippen molar-refractivity contribution >= 4 is 11.9 Å². The maximum atomic E-state index is 11.8. The van der Waals surface area contributed by atoms with Crippen molar-refractivity contribution in [1.82, 2.24) is 4.90 Å². The molecule has 8 nitrogen and oxygen atoms in total. The van der Waals surface area contributed by atoms with Crippen molar-refractivity contribution in [3.05, 3.63) is 0 Å². The number of rotatable bonds is 23. The van der Waals surface area contributed by atoms with E-state index in [9.17, 15) is 19.8 Å². The molecule has 0 rings (SSSR count). The Labute approximate surface area is 200 Å². The summed E-state index contributed by atoms with van der Waals surface area (Å²) in [6.07, 6.45) is 9.85. The van der Waals surface area contributed by atoms with Crippen LogP contribution in [0.5, 0.6) is 0 Å². The number of esters is 2. The Kier molecular flexibility index (Phi) is 21.7. The zero-order chi connectivity index (χ0) is 24.7. The van der Waals surface area contributed by atoms with Crippen molar-refractivity contribution in [3.8, 4) is 0 Å². The van der Waals surface area contributed by atoms with Gasteiger partial charge in [-0.15, -0.1) is 0 Å². The first-order valence-electron chi connectivity index (χ1n) is 12.9. The number of nitrogens with zero attached hydrogens (tertiary/aromatic N) is 1. The molecule has 0 saturated heterocycles. The third kappa shape index (κ3) is 21.1. The van der Waals surface area contributed by atoms with E-state index in [0.717, 1.165) is 51.4 Å². The van der Waals surface area contributed by atoms with Gasteiger partial charge in [0.15, 0.2) is 0 Å². The molecule has 8 heteroatoms. The minimum absolute atomic E-state index is 0.0112. The molecule has 33 heavy (non-hydrogen) atoms. The lowest BCUT2D eigenvalue weighted by Crippen LogP contribution is -2.42. The van der Waals surface area contributed by atoms with Crippen molar-refractivity contribution in [1.29, 1.82) is 0 Å². The average Bonchev–Trinajstić information content (AvgIpc) is 2.79. The van der Waals surface area contributed by atoms with Gasteiger partial charge in [0.05, 0.1) is 0 Å². The fourth-order valence-corrected chi connectivity index (χ4v) is 3.52. The quantitative estimate of drug-likeness (QED) is 0.152. The number of hydrogen-bond acceptors (Lipinski definition) is 8. The standard InChI is InChI=1S/C25H49NO7/c1-3-5-7-9-11-14-24(30)32-20-22(28)18-26(16-13-17-27)19-23(29)21-33-25(31)15-12-10-8-6-4-2/h22-23,27-29H,3-21H2,1-2H3. The highest BCUT2D eigenvalue weighted by molar-refractivity contribution is 5.69. The van der Waals surface area contributed by atoms with Crippen LogP contribution in [0.1, 0.15) is 97.3 Å².